The SMILES string of the molecule is COc1ccccc1C1(COc2ccc(C)cc2)CC1. The predicted molar refractivity (Wildman–Crippen MR) is 80.6 cm³/mol. The molecule has 3 rings (SSSR count). The van der Waals surface area contributed by atoms with Crippen molar-refractivity contribution in [3.8, 4) is 11.5 Å². The fourth-order valence-corrected chi connectivity index (χ4v) is 2.58. The van der Waals surface area contributed by atoms with Gasteiger partial charge in [0.25, 0.3) is 0 Å². The van der Waals surface area contributed by atoms with E-state index >= 15 is 0 Å². The Labute approximate surface area is 120 Å². The Hall–Kier alpha value is -1.96. The normalized spacial score (nSPS) is 15.7. The molecule has 0 aromatic heterocycles. The number of benzene rings is 2. The third-order valence-corrected chi connectivity index (χ3v) is 4.07. The first-order chi connectivity index (χ1) is 9.73. The van der Waals surface area contributed by atoms with Crippen molar-refractivity contribution in [1.82, 2.24) is 0 Å². The molecule has 1 fully saturated rings. The van der Waals surface area contributed by atoms with Gasteiger partial charge in [0.15, 0.2) is 0 Å². The molecule has 0 amide bonds. The van der Waals surface area contributed by atoms with Gasteiger partial charge in [-0.05, 0) is 38.0 Å². The van der Waals surface area contributed by atoms with Gasteiger partial charge >= 0.3 is 0 Å². The third-order valence-electron chi connectivity index (χ3n) is 4.07. The molecule has 2 heteroatoms. The first-order valence-corrected chi connectivity index (χ1v) is 7.06. The Bertz CT molecular complexity index is 583. The van der Waals surface area contributed by atoms with Crippen molar-refractivity contribution in [2.24, 2.45) is 0 Å². The van der Waals surface area contributed by atoms with Crippen LogP contribution >= 0.6 is 0 Å². The van der Waals surface area contributed by atoms with Gasteiger partial charge in [0.1, 0.15) is 11.5 Å². The van der Waals surface area contributed by atoms with Crippen molar-refractivity contribution in [2.45, 2.75) is 25.2 Å². The Morgan fingerprint density at radius 1 is 1.00 bits per heavy atom. The lowest BCUT2D eigenvalue weighted by Crippen LogP contribution is -2.18. The van der Waals surface area contributed by atoms with Gasteiger partial charge in [0.2, 0.25) is 0 Å². The van der Waals surface area contributed by atoms with Crippen LogP contribution in [0.5, 0.6) is 11.5 Å². The second-order valence-corrected chi connectivity index (χ2v) is 5.58. The van der Waals surface area contributed by atoms with E-state index in [1.165, 1.54) is 24.0 Å². The number of hydrogen-bond acceptors (Lipinski definition) is 2. The quantitative estimate of drug-likeness (QED) is 0.812. The van der Waals surface area contributed by atoms with Gasteiger partial charge in [0, 0.05) is 11.0 Å². The molecule has 0 atom stereocenters. The molecule has 20 heavy (non-hydrogen) atoms. The molecule has 1 aliphatic rings. The molecule has 0 heterocycles. The van der Waals surface area contributed by atoms with E-state index in [2.05, 4.69) is 31.2 Å². The topological polar surface area (TPSA) is 18.5 Å². The molecule has 0 bridgehead atoms. The summed E-state index contributed by atoms with van der Waals surface area (Å²) in [4.78, 5) is 0. The van der Waals surface area contributed by atoms with E-state index in [0.717, 1.165) is 18.1 Å². The zero-order valence-corrected chi connectivity index (χ0v) is 12.1. The Morgan fingerprint density at radius 2 is 1.70 bits per heavy atom. The van der Waals surface area contributed by atoms with Crippen molar-refractivity contribution in [3.63, 3.8) is 0 Å². The lowest BCUT2D eigenvalue weighted by molar-refractivity contribution is 0.273. The van der Waals surface area contributed by atoms with E-state index in [0.29, 0.717) is 0 Å². The van der Waals surface area contributed by atoms with Gasteiger partial charge in [-0.25, -0.2) is 0 Å². The van der Waals surface area contributed by atoms with Crippen LogP contribution in [-0.2, 0) is 5.41 Å². The third kappa shape index (κ3) is 2.51. The van der Waals surface area contributed by atoms with Gasteiger partial charge in [-0.15, -0.1) is 0 Å². The van der Waals surface area contributed by atoms with Crippen LogP contribution in [0.4, 0.5) is 0 Å². The van der Waals surface area contributed by atoms with Crippen LogP contribution in [0, 0.1) is 6.92 Å². The molecule has 0 saturated heterocycles. The average molecular weight is 268 g/mol. The molecule has 2 aromatic carbocycles. The Kier molecular flexibility index (Phi) is 3.39. The van der Waals surface area contributed by atoms with E-state index in [1.54, 1.807) is 7.11 Å². The molecule has 2 aromatic rings. The van der Waals surface area contributed by atoms with Gasteiger partial charge < -0.3 is 9.47 Å². The average Bonchev–Trinajstić information content (AvgIpc) is 3.28. The minimum atomic E-state index is 0.136. The van der Waals surface area contributed by atoms with Crippen LogP contribution in [0.15, 0.2) is 48.5 Å². The largest absolute Gasteiger partial charge is 0.496 e. The van der Waals surface area contributed by atoms with Crippen molar-refractivity contribution in [3.05, 3.63) is 59.7 Å². The lowest BCUT2D eigenvalue weighted by atomic mass is 9.96. The molecular formula is C18H20O2. The van der Waals surface area contributed by atoms with Crippen LogP contribution in [0.25, 0.3) is 0 Å². The fraction of sp³-hybridized carbons (Fsp3) is 0.333. The standard InChI is InChI=1S/C18H20O2/c1-14-7-9-15(10-8-14)20-13-18(11-12-18)16-5-3-4-6-17(16)19-2/h3-10H,11-13H2,1-2H3. The monoisotopic (exact) mass is 268 g/mol. The Balaban J connectivity index is 1.75. The maximum atomic E-state index is 5.99. The summed E-state index contributed by atoms with van der Waals surface area (Å²) in [5.41, 5.74) is 2.66. The number of ether oxygens (including phenoxy) is 2. The maximum absolute atomic E-state index is 5.99. The smallest absolute Gasteiger partial charge is 0.122 e. The molecule has 0 spiro atoms. The zero-order chi connectivity index (χ0) is 14.0. The highest BCUT2D eigenvalue weighted by molar-refractivity contribution is 5.43. The first kappa shape index (κ1) is 13.0. The fourth-order valence-electron chi connectivity index (χ4n) is 2.58. The lowest BCUT2D eigenvalue weighted by Gasteiger charge is -2.19. The highest BCUT2D eigenvalue weighted by Gasteiger charge is 2.47. The van der Waals surface area contributed by atoms with E-state index in [9.17, 15) is 0 Å². The van der Waals surface area contributed by atoms with Crippen LogP contribution in [-0.4, -0.2) is 13.7 Å². The summed E-state index contributed by atoms with van der Waals surface area (Å²) in [5.74, 6) is 1.91. The molecule has 0 aliphatic heterocycles. The molecule has 0 N–H and O–H groups in total. The maximum Gasteiger partial charge on any atom is 0.122 e. The summed E-state index contributed by atoms with van der Waals surface area (Å²) in [6.45, 7) is 2.80. The molecule has 0 radical (unpaired) electrons. The summed E-state index contributed by atoms with van der Waals surface area (Å²) in [6, 6.07) is 16.5. The molecule has 1 aliphatic carbocycles. The number of aryl methyl sites for hydroxylation is 1. The van der Waals surface area contributed by atoms with Gasteiger partial charge in [0.05, 0.1) is 13.7 Å². The van der Waals surface area contributed by atoms with E-state index in [4.69, 9.17) is 9.47 Å². The van der Waals surface area contributed by atoms with Gasteiger partial charge in [-0.1, -0.05) is 35.9 Å². The van der Waals surface area contributed by atoms with Crippen LogP contribution in [0.3, 0.4) is 0 Å². The first-order valence-electron chi connectivity index (χ1n) is 7.06. The van der Waals surface area contributed by atoms with Crippen LogP contribution < -0.4 is 9.47 Å². The number of hydrogen-bond donors (Lipinski definition) is 0. The minimum absolute atomic E-state index is 0.136. The summed E-state index contributed by atoms with van der Waals surface area (Å²) in [6.07, 6.45) is 2.33. The Morgan fingerprint density at radius 3 is 2.35 bits per heavy atom. The second-order valence-electron chi connectivity index (χ2n) is 5.58. The van der Waals surface area contributed by atoms with Gasteiger partial charge in [-0.2, -0.15) is 0 Å². The van der Waals surface area contributed by atoms with Crippen molar-refractivity contribution in [2.75, 3.05) is 13.7 Å². The summed E-state index contributed by atoms with van der Waals surface area (Å²) in [7, 11) is 1.73. The summed E-state index contributed by atoms with van der Waals surface area (Å²) >= 11 is 0. The molecule has 0 unspecified atom stereocenters. The van der Waals surface area contributed by atoms with Crippen molar-refractivity contribution < 1.29 is 9.47 Å². The molecule has 2 nitrogen and oxygen atoms in total. The van der Waals surface area contributed by atoms with Gasteiger partial charge in [-0.3, -0.25) is 0 Å². The zero-order valence-electron chi connectivity index (χ0n) is 12.1. The second kappa shape index (κ2) is 5.20. The van der Waals surface area contributed by atoms with Crippen LogP contribution in [0.2, 0.25) is 0 Å². The number of para-hydroxylation sites is 1. The highest BCUT2D eigenvalue weighted by Crippen LogP contribution is 2.51. The van der Waals surface area contributed by atoms with Crippen molar-refractivity contribution >= 4 is 0 Å². The molecule has 1 saturated carbocycles. The number of rotatable bonds is 5. The van der Waals surface area contributed by atoms with Crippen LogP contribution in [0.1, 0.15) is 24.0 Å². The highest BCUT2D eigenvalue weighted by atomic mass is 16.5. The number of methoxy groups -OCH3 is 1. The van der Waals surface area contributed by atoms with E-state index < -0.39 is 0 Å². The molecule has 104 valence electrons. The van der Waals surface area contributed by atoms with E-state index in [-0.39, 0.29) is 5.41 Å². The summed E-state index contributed by atoms with van der Waals surface area (Å²) in [5, 5.41) is 0. The van der Waals surface area contributed by atoms with Crippen molar-refractivity contribution in [1.29, 1.82) is 0 Å². The minimum Gasteiger partial charge on any atom is -0.496 e. The molecular weight excluding hydrogens is 248 g/mol. The summed E-state index contributed by atoms with van der Waals surface area (Å²) < 4.78 is 11.5. The van der Waals surface area contributed by atoms with E-state index in [1.807, 2.05) is 24.3 Å². The predicted octanol–water partition coefficient (Wildman–Crippen LogP) is 4.11.